The van der Waals surface area contributed by atoms with Crippen LogP contribution in [0.3, 0.4) is 0 Å². The summed E-state index contributed by atoms with van der Waals surface area (Å²) in [5.74, 6) is -0.187. The van der Waals surface area contributed by atoms with Gasteiger partial charge in [0.25, 0.3) is 0 Å². The summed E-state index contributed by atoms with van der Waals surface area (Å²) in [7, 11) is 2.09. The first-order valence-electron chi connectivity index (χ1n) is 7.76. The molecule has 1 saturated heterocycles. The molecule has 3 rings (SSSR count). The Hall–Kier alpha value is -1.24. The molecule has 2 N–H and O–H groups in total. The monoisotopic (exact) mass is 353 g/mol. The Morgan fingerprint density at radius 1 is 1.43 bits per heavy atom. The average Bonchev–Trinajstić information content (AvgIpc) is 2.50. The smallest absolute Gasteiger partial charge is 0.238 e. The van der Waals surface area contributed by atoms with E-state index >= 15 is 0 Å². The standard InChI is InChI=1S/C16H20ClN3O2S/c1-20-6-4-11(5-7-20)18-15(21)9-14-16(22)19-12-8-10(17)2-3-13(12)23-14/h2-3,8,11,14H,4-7,9H2,1H3,(H,18,21)(H,19,22)/t14-/m0/s1. The largest absolute Gasteiger partial charge is 0.353 e. The SMILES string of the molecule is CN1CCC(NC(=O)C[C@@H]2Sc3ccc(Cl)cc3NC2=O)CC1. The Morgan fingerprint density at radius 2 is 2.17 bits per heavy atom. The summed E-state index contributed by atoms with van der Waals surface area (Å²) in [6.07, 6.45) is 2.13. The van der Waals surface area contributed by atoms with E-state index in [1.165, 1.54) is 11.8 Å². The van der Waals surface area contributed by atoms with E-state index in [4.69, 9.17) is 11.6 Å². The van der Waals surface area contributed by atoms with E-state index in [1.54, 1.807) is 12.1 Å². The maximum Gasteiger partial charge on any atom is 0.238 e. The molecule has 23 heavy (non-hydrogen) atoms. The van der Waals surface area contributed by atoms with Gasteiger partial charge in [0.15, 0.2) is 0 Å². The molecule has 0 radical (unpaired) electrons. The highest BCUT2D eigenvalue weighted by Crippen LogP contribution is 2.38. The van der Waals surface area contributed by atoms with Crippen LogP contribution in [-0.4, -0.2) is 48.1 Å². The molecule has 7 heteroatoms. The number of nitrogens with one attached hydrogen (secondary N) is 2. The van der Waals surface area contributed by atoms with Gasteiger partial charge in [0.2, 0.25) is 11.8 Å². The zero-order valence-corrected chi connectivity index (χ0v) is 14.5. The number of thioether (sulfide) groups is 1. The van der Waals surface area contributed by atoms with E-state index in [0.29, 0.717) is 5.02 Å². The summed E-state index contributed by atoms with van der Waals surface area (Å²) in [5, 5.41) is 6.09. The molecule has 1 fully saturated rings. The lowest BCUT2D eigenvalue weighted by molar-refractivity contribution is -0.124. The van der Waals surface area contributed by atoms with Crippen LogP contribution < -0.4 is 10.6 Å². The third-order valence-electron chi connectivity index (χ3n) is 4.22. The van der Waals surface area contributed by atoms with E-state index in [9.17, 15) is 9.59 Å². The molecule has 2 amide bonds. The molecule has 2 aliphatic rings. The molecule has 1 aromatic carbocycles. The molecule has 1 atom stereocenters. The first-order valence-corrected chi connectivity index (χ1v) is 9.02. The van der Waals surface area contributed by atoms with Gasteiger partial charge >= 0.3 is 0 Å². The minimum absolute atomic E-state index is 0.0513. The van der Waals surface area contributed by atoms with Gasteiger partial charge in [-0.25, -0.2) is 0 Å². The molecule has 5 nitrogen and oxygen atoms in total. The van der Waals surface area contributed by atoms with Crippen LogP contribution in [0.4, 0.5) is 5.69 Å². The number of likely N-dealkylation sites (tertiary alicyclic amines) is 1. The van der Waals surface area contributed by atoms with Gasteiger partial charge in [-0.15, -0.1) is 11.8 Å². The minimum atomic E-state index is -0.394. The summed E-state index contributed by atoms with van der Waals surface area (Å²) in [6, 6.07) is 5.63. The fourth-order valence-corrected chi connectivity index (χ4v) is 4.13. The van der Waals surface area contributed by atoms with E-state index in [0.717, 1.165) is 36.5 Å². The molecule has 2 heterocycles. The van der Waals surface area contributed by atoms with Crippen LogP contribution in [0.25, 0.3) is 0 Å². The van der Waals surface area contributed by atoms with Crippen molar-refractivity contribution in [1.29, 1.82) is 0 Å². The number of fused-ring (bicyclic) bond motifs is 1. The fraction of sp³-hybridized carbons (Fsp3) is 0.500. The third-order valence-corrected chi connectivity index (χ3v) is 5.73. The number of hydrogen-bond acceptors (Lipinski definition) is 4. The van der Waals surface area contributed by atoms with E-state index in [-0.39, 0.29) is 24.3 Å². The predicted molar refractivity (Wildman–Crippen MR) is 93.0 cm³/mol. The minimum Gasteiger partial charge on any atom is -0.353 e. The molecule has 0 bridgehead atoms. The highest BCUT2D eigenvalue weighted by atomic mass is 35.5. The highest BCUT2D eigenvalue weighted by Gasteiger charge is 2.30. The van der Waals surface area contributed by atoms with Crippen LogP contribution in [0, 0.1) is 0 Å². The number of amides is 2. The van der Waals surface area contributed by atoms with E-state index in [2.05, 4.69) is 22.6 Å². The zero-order valence-electron chi connectivity index (χ0n) is 13.0. The first-order chi connectivity index (χ1) is 11.0. The lowest BCUT2D eigenvalue weighted by Gasteiger charge is -2.30. The second-order valence-electron chi connectivity index (χ2n) is 6.09. The second-order valence-corrected chi connectivity index (χ2v) is 7.77. The van der Waals surface area contributed by atoms with Gasteiger partial charge in [-0.05, 0) is 51.2 Å². The summed E-state index contributed by atoms with van der Waals surface area (Å²) < 4.78 is 0. The van der Waals surface area contributed by atoms with Gasteiger partial charge in [0, 0.05) is 22.4 Å². The van der Waals surface area contributed by atoms with E-state index in [1.807, 2.05) is 6.07 Å². The van der Waals surface area contributed by atoms with Gasteiger partial charge in [-0.1, -0.05) is 11.6 Å². The Labute approximate surface area is 145 Å². The number of carbonyl (C=O) groups is 2. The van der Waals surface area contributed by atoms with Crippen molar-refractivity contribution in [3.63, 3.8) is 0 Å². The summed E-state index contributed by atoms with van der Waals surface area (Å²) in [4.78, 5) is 27.6. The maximum atomic E-state index is 12.2. The van der Waals surface area contributed by atoms with Crippen LogP contribution >= 0.6 is 23.4 Å². The van der Waals surface area contributed by atoms with Gasteiger partial charge in [0.1, 0.15) is 0 Å². The number of halogens is 1. The van der Waals surface area contributed by atoms with Crippen molar-refractivity contribution in [2.24, 2.45) is 0 Å². The van der Waals surface area contributed by atoms with Crippen LogP contribution in [-0.2, 0) is 9.59 Å². The molecular formula is C16H20ClN3O2S. The first kappa shape index (κ1) is 16.6. The summed E-state index contributed by atoms with van der Waals surface area (Å²) in [6.45, 7) is 2.00. The second kappa shape index (κ2) is 7.11. The Morgan fingerprint density at radius 3 is 2.91 bits per heavy atom. The van der Waals surface area contributed by atoms with E-state index < -0.39 is 5.25 Å². The molecular weight excluding hydrogens is 334 g/mol. The maximum absolute atomic E-state index is 12.2. The molecule has 0 aromatic heterocycles. The van der Waals surface area contributed by atoms with Crippen molar-refractivity contribution in [3.05, 3.63) is 23.2 Å². The number of nitrogens with zero attached hydrogens (tertiary/aromatic N) is 1. The van der Waals surface area contributed by atoms with Crippen LogP contribution in [0.15, 0.2) is 23.1 Å². The lowest BCUT2D eigenvalue weighted by atomic mass is 10.1. The molecule has 0 spiro atoms. The highest BCUT2D eigenvalue weighted by molar-refractivity contribution is 8.01. The van der Waals surface area contributed by atoms with Gasteiger partial charge in [0.05, 0.1) is 10.9 Å². The number of piperidine rings is 1. The summed E-state index contributed by atoms with van der Waals surface area (Å²) >= 11 is 7.36. The number of rotatable bonds is 3. The van der Waals surface area contributed by atoms with Crippen LogP contribution in [0.5, 0.6) is 0 Å². The zero-order chi connectivity index (χ0) is 16.4. The Kier molecular flexibility index (Phi) is 5.14. The van der Waals surface area contributed by atoms with Gasteiger partial charge in [-0.3, -0.25) is 9.59 Å². The fourth-order valence-electron chi connectivity index (χ4n) is 2.86. The third kappa shape index (κ3) is 4.19. The van der Waals surface area contributed by atoms with Gasteiger partial charge in [-0.2, -0.15) is 0 Å². The Bertz CT molecular complexity index is 617. The topological polar surface area (TPSA) is 61.4 Å². The Balaban J connectivity index is 1.56. The van der Waals surface area contributed by atoms with Crippen LogP contribution in [0.1, 0.15) is 19.3 Å². The number of hydrogen-bond donors (Lipinski definition) is 2. The predicted octanol–water partition coefficient (Wildman–Crippen LogP) is 2.35. The number of carbonyl (C=O) groups excluding carboxylic acids is 2. The van der Waals surface area contributed by atoms with Crippen molar-refractivity contribution in [2.75, 3.05) is 25.5 Å². The van der Waals surface area contributed by atoms with Crippen molar-refractivity contribution in [3.8, 4) is 0 Å². The molecule has 0 unspecified atom stereocenters. The quantitative estimate of drug-likeness (QED) is 0.875. The average molecular weight is 354 g/mol. The number of benzene rings is 1. The van der Waals surface area contributed by atoms with Crippen molar-refractivity contribution in [1.82, 2.24) is 10.2 Å². The lowest BCUT2D eigenvalue weighted by Crippen LogP contribution is -2.44. The van der Waals surface area contributed by atoms with Crippen molar-refractivity contribution >= 4 is 40.9 Å². The molecule has 1 aromatic rings. The molecule has 0 aliphatic carbocycles. The van der Waals surface area contributed by atoms with Crippen LogP contribution in [0.2, 0.25) is 5.02 Å². The molecule has 0 saturated carbocycles. The number of anilines is 1. The molecule has 2 aliphatic heterocycles. The normalized spacial score (nSPS) is 22.3. The van der Waals surface area contributed by atoms with Gasteiger partial charge < -0.3 is 15.5 Å². The summed E-state index contributed by atoms with van der Waals surface area (Å²) in [5.41, 5.74) is 0.722. The van der Waals surface area contributed by atoms with Crippen molar-refractivity contribution < 1.29 is 9.59 Å². The molecule has 124 valence electrons. The van der Waals surface area contributed by atoms with Crippen molar-refractivity contribution in [2.45, 2.75) is 35.4 Å².